The van der Waals surface area contributed by atoms with Crippen LogP contribution in [0.1, 0.15) is 13.8 Å². The van der Waals surface area contributed by atoms with E-state index >= 15 is 0 Å². The van der Waals surface area contributed by atoms with Crippen LogP contribution in [-0.2, 0) is 0 Å². The zero-order valence-electron chi connectivity index (χ0n) is 7.54. The van der Waals surface area contributed by atoms with Gasteiger partial charge in [0.05, 0.1) is 0 Å². The molecular formula is C9H15N3. The smallest absolute Gasteiger partial charge is 0.127 e. The van der Waals surface area contributed by atoms with Gasteiger partial charge in [-0.2, -0.15) is 0 Å². The molecule has 0 amide bonds. The van der Waals surface area contributed by atoms with Gasteiger partial charge in [0.2, 0.25) is 0 Å². The van der Waals surface area contributed by atoms with Gasteiger partial charge in [-0.05, 0) is 0 Å². The molecule has 0 unspecified atom stereocenters. The average molecular weight is 165 g/mol. The topological polar surface area (TPSA) is 64.4 Å². The maximum atomic E-state index is 5.66. The summed E-state index contributed by atoms with van der Waals surface area (Å²) in [5.74, 6) is 0.527. The number of rotatable bonds is 0. The highest BCUT2D eigenvalue weighted by molar-refractivity contribution is 5.99. The van der Waals surface area contributed by atoms with Gasteiger partial charge in [0, 0.05) is 23.7 Å². The fraction of sp³-hybridized carbons (Fsp3) is 0.444. The van der Waals surface area contributed by atoms with Crippen LogP contribution in [0.5, 0.6) is 0 Å². The van der Waals surface area contributed by atoms with E-state index in [2.05, 4.69) is 24.9 Å². The van der Waals surface area contributed by atoms with Crippen molar-refractivity contribution in [2.24, 2.45) is 21.9 Å². The maximum absolute atomic E-state index is 5.66. The molecule has 0 bridgehead atoms. The van der Waals surface area contributed by atoms with Crippen molar-refractivity contribution < 1.29 is 0 Å². The number of hydrogen-bond donors (Lipinski definition) is 2. The molecule has 0 saturated heterocycles. The Morgan fingerprint density at radius 1 is 1.58 bits per heavy atom. The fourth-order valence-corrected chi connectivity index (χ4v) is 0.975. The minimum atomic E-state index is 0.0788. The van der Waals surface area contributed by atoms with Crippen LogP contribution in [0.2, 0.25) is 0 Å². The van der Waals surface area contributed by atoms with Crippen molar-refractivity contribution in [1.29, 1.82) is 0 Å². The summed E-state index contributed by atoms with van der Waals surface area (Å²) in [6.07, 6.45) is 5.48. The monoisotopic (exact) mass is 165 g/mol. The van der Waals surface area contributed by atoms with Gasteiger partial charge in [0.1, 0.15) is 5.84 Å². The summed E-state index contributed by atoms with van der Waals surface area (Å²) in [7, 11) is 0. The van der Waals surface area contributed by atoms with Gasteiger partial charge in [0.15, 0.2) is 0 Å². The minimum absolute atomic E-state index is 0.0788. The van der Waals surface area contributed by atoms with Crippen LogP contribution in [0.3, 0.4) is 0 Å². The van der Waals surface area contributed by atoms with Crippen LogP contribution in [0.15, 0.2) is 28.9 Å². The Hall–Kier alpha value is -1.25. The molecule has 0 aliphatic carbocycles. The third kappa shape index (κ3) is 1.87. The van der Waals surface area contributed by atoms with Crippen molar-refractivity contribution >= 4 is 5.84 Å². The molecule has 0 aromatic carbocycles. The first kappa shape index (κ1) is 8.84. The molecule has 0 saturated carbocycles. The zero-order chi connectivity index (χ0) is 9.19. The largest absolute Gasteiger partial charge is 0.404 e. The molecule has 0 atom stereocenters. The summed E-state index contributed by atoms with van der Waals surface area (Å²) in [4.78, 5) is 4.21. The van der Waals surface area contributed by atoms with Crippen LogP contribution in [0.25, 0.3) is 0 Å². The Balaban J connectivity index is 2.99. The molecule has 0 fully saturated rings. The molecule has 1 aliphatic heterocycles. The lowest BCUT2D eigenvalue weighted by Gasteiger charge is -2.14. The molecule has 4 N–H and O–H groups in total. The molecular weight excluding hydrogens is 150 g/mol. The molecule has 0 aromatic rings. The third-order valence-electron chi connectivity index (χ3n) is 1.85. The molecule has 0 spiro atoms. The SMILES string of the molecule is CC1(C)C=CC(=CN)C(N)=NC1. The number of nitrogens with two attached hydrogens (primary N) is 2. The van der Waals surface area contributed by atoms with Gasteiger partial charge in [-0.1, -0.05) is 26.0 Å². The van der Waals surface area contributed by atoms with Crippen molar-refractivity contribution in [3.05, 3.63) is 23.9 Å². The predicted molar refractivity (Wildman–Crippen MR) is 51.7 cm³/mol. The predicted octanol–water partition coefficient (Wildman–Crippen LogP) is 0.782. The van der Waals surface area contributed by atoms with E-state index in [9.17, 15) is 0 Å². The van der Waals surface area contributed by atoms with Crippen molar-refractivity contribution in [2.45, 2.75) is 13.8 Å². The van der Waals surface area contributed by atoms with E-state index in [1.54, 1.807) is 0 Å². The molecule has 1 rings (SSSR count). The lowest BCUT2D eigenvalue weighted by Crippen LogP contribution is -2.16. The summed E-state index contributed by atoms with van der Waals surface area (Å²) in [5, 5.41) is 0. The van der Waals surface area contributed by atoms with Crippen LogP contribution in [-0.4, -0.2) is 12.4 Å². The van der Waals surface area contributed by atoms with Crippen molar-refractivity contribution in [2.75, 3.05) is 6.54 Å². The highest BCUT2D eigenvalue weighted by Crippen LogP contribution is 2.21. The Morgan fingerprint density at radius 3 is 2.83 bits per heavy atom. The molecule has 3 nitrogen and oxygen atoms in total. The molecule has 1 aliphatic rings. The van der Waals surface area contributed by atoms with E-state index < -0.39 is 0 Å². The normalized spacial score (nSPS) is 25.2. The second kappa shape index (κ2) is 3.01. The second-order valence-electron chi connectivity index (χ2n) is 3.65. The average Bonchev–Trinajstić information content (AvgIpc) is 2.13. The summed E-state index contributed by atoms with van der Waals surface area (Å²) in [6.45, 7) is 4.94. The van der Waals surface area contributed by atoms with Gasteiger partial charge in [-0.15, -0.1) is 0 Å². The Kier molecular flexibility index (Phi) is 2.22. The van der Waals surface area contributed by atoms with Crippen LogP contribution < -0.4 is 11.5 Å². The minimum Gasteiger partial charge on any atom is -0.404 e. The van der Waals surface area contributed by atoms with E-state index in [1.807, 2.05) is 6.08 Å². The van der Waals surface area contributed by atoms with Crippen molar-refractivity contribution in [1.82, 2.24) is 0 Å². The molecule has 1 heterocycles. The van der Waals surface area contributed by atoms with Gasteiger partial charge in [-0.25, -0.2) is 0 Å². The number of amidine groups is 1. The molecule has 12 heavy (non-hydrogen) atoms. The van der Waals surface area contributed by atoms with Gasteiger partial charge >= 0.3 is 0 Å². The molecule has 66 valence electrons. The molecule has 0 radical (unpaired) electrons. The Morgan fingerprint density at radius 2 is 2.25 bits per heavy atom. The van der Waals surface area contributed by atoms with E-state index in [4.69, 9.17) is 11.5 Å². The van der Waals surface area contributed by atoms with Crippen molar-refractivity contribution in [3.8, 4) is 0 Å². The van der Waals surface area contributed by atoms with Crippen LogP contribution in [0.4, 0.5) is 0 Å². The second-order valence-corrected chi connectivity index (χ2v) is 3.65. The van der Waals surface area contributed by atoms with Gasteiger partial charge < -0.3 is 11.5 Å². The van der Waals surface area contributed by atoms with Crippen LogP contribution in [0, 0.1) is 5.41 Å². The third-order valence-corrected chi connectivity index (χ3v) is 1.85. The highest BCUT2D eigenvalue weighted by Gasteiger charge is 2.16. The first-order valence-electron chi connectivity index (χ1n) is 3.96. The number of hydrogen-bond acceptors (Lipinski definition) is 3. The highest BCUT2D eigenvalue weighted by atomic mass is 14.9. The molecule has 3 heteroatoms. The summed E-state index contributed by atoms with van der Waals surface area (Å²) in [6, 6.07) is 0. The number of nitrogens with zero attached hydrogens (tertiary/aromatic N) is 1. The van der Waals surface area contributed by atoms with Gasteiger partial charge in [-0.3, -0.25) is 4.99 Å². The lowest BCUT2D eigenvalue weighted by molar-refractivity contribution is 0.498. The Labute approximate surface area is 72.8 Å². The number of aliphatic imine (C=N–C) groups is 1. The summed E-state index contributed by atoms with van der Waals surface area (Å²) < 4.78 is 0. The maximum Gasteiger partial charge on any atom is 0.127 e. The summed E-state index contributed by atoms with van der Waals surface area (Å²) in [5.41, 5.74) is 11.9. The quantitative estimate of drug-likeness (QED) is 0.557. The van der Waals surface area contributed by atoms with E-state index in [1.165, 1.54) is 6.20 Å². The summed E-state index contributed by atoms with van der Waals surface area (Å²) >= 11 is 0. The first-order chi connectivity index (χ1) is 5.55. The standard InChI is InChI=1S/C9H15N3/c1-9(2)4-3-7(5-10)8(11)12-6-9/h3-5H,6,10H2,1-2H3,(H2,11,12). The van der Waals surface area contributed by atoms with E-state index in [-0.39, 0.29) is 5.41 Å². The molecule has 0 aromatic heterocycles. The van der Waals surface area contributed by atoms with Gasteiger partial charge in [0.25, 0.3) is 0 Å². The van der Waals surface area contributed by atoms with E-state index in [0.29, 0.717) is 12.4 Å². The zero-order valence-corrected chi connectivity index (χ0v) is 7.54. The Bertz CT molecular complexity index is 259. The van der Waals surface area contributed by atoms with Crippen molar-refractivity contribution in [3.63, 3.8) is 0 Å². The van der Waals surface area contributed by atoms with Crippen LogP contribution >= 0.6 is 0 Å². The van der Waals surface area contributed by atoms with E-state index in [0.717, 1.165) is 5.57 Å². The first-order valence-corrected chi connectivity index (χ1v) is 3.96. The fourth-order valence-electron chi connectivity index (χ4n) is 0.975. The lowest BCUT2D eigenvalue weighted by atomic mass is 9.93.